The van der Waals surface area contributed by atoms with E-state index in [1.165, 1.54) is 18.2 Å². The molecule has 0 bridgehead atoms. The molecule has 7 heteroatoms. The van der Waals surface area contributed by atoms with Crippen LogP contribution in [0.5, 0.6) is 0 Å². The van der Waals surface area contributed by atoms with Crippen molar-refractivity contribution >= 4 is 23.3 Å². The number of rotatable bonds is 6. The molecule has 1 rings (SSSR count). The number of aromatic carboxylic acids is 1. The van der Waals surface area contributed by atoms with Gasteiger partial charge in [0.2, 0.25) is 0 Å². The molecule has 0 aliphatic rings. The van der Waals surface area contributed by atoms with Crippen LogP contribution in [0.2, 0.25) is 5.02 Å². The van der Waals surface area contributed by atoms with Gasteiger partial charge in [0.1, 0.15) is 5.54 Å². The second-order valence-corrected chi connectivity index (χ2v) is 4.31. The lowest BCUT2D eigenvalue weighted by Crippen LogP contribution is -2.49. The van der Waals surface area contributed by atoms with E-state index in [2.05, 4.69) is 5.32 Å². The smallest absolute Gasteiger partial charge is 0.337 e. The summed E-state index contributed by atoms with van der Waals surface area (Å²) in [5.74, 6) is -1.18. The Labute approximate surface area is 108 Å². The van der Waals surface area contributed by atoms with Gasteiger partial charge in [-0.1, -0.05) is 11.6 Å². The molecule has 0 saturated carbocycles. The normalized spacial score (nSPS) is 11.3. The number of aliphatic hydroxyl groups is 3. The molecule has 0 atom stereocenters. The Hall–Kier alpha value is -1.34. The minimum Gasteiger partial charge on any atom is -0.478 e. The fourth-order valence-corrected chi connectivity index (χ4v) is 1.53. The Morgan fingerprint density at radius 2 is 1.78 bits per heavy atom. The minimum atomic E-state index is -1.41. The minimum absolute atomic E-state index is 0.0703. The van der Waals surface area contributed by atoms with Crippen LogP contribution < -0.4 is 5.32 Å². The summed E-state index contributed by atoms with van der Waals surface area (Å²) in [6.45, 7) is -1.69. The van der Waals surface area contributed by atoms with Crippen LogP contribution in [0, 0.1) is 0 Å². The second-order valence-electron chi connectivity index (χ2n) is 3.87. The summed E-state index contributed by atoms with van der Waals surface area (Å²) in [5.41, 5.74) is -1.36. The molecule has 0 aromatic heterocycles. The first-order valence-corrected chi connectivity index (χ1v) is 5.49. The summed E-state index contributed by atoms with van der Waals surface area (Å²) in [6, 6.07) is 4.05. The van der Waals surface area contributed by atoms with Gasteiger partial charge in [-0.25, -0.2) is 4.79 Å². The SMILES string of the molecule is O=C(O)c1ccc(Cl)cc1NC(CO)(CO)CO. The van der Waals surface area contributed by atoms with Crippen LogP contribution in [-0.4, -0.2) is 51.8 Å². The van der Waals surface area contributed by atoms with Crippen LogP contribution in [-0.2, 0) is 0 Å². The number of halogens is 1. The summed E-state index contributed by atoms with van der Waals surface area (Å²) >= 11 is 5.76. The molecule has 1 aromatic carbocycles. The van der Waals surface area contributed by atoms with Gasteiger partial charge in [-0.2, -0.15) is 0 Å². The average molecular weight is 276 g/mol. The van der Waals surface area contributed by atoms with Gasteiger partial charge in [0.05, 0.1) is 31.1 Å². The molecular weight excluding hydrogens is 262 g/mol. The molecule has 0 heterocycles. The van der Waals surface area contributed by atoms with Gasteiger partial charge in [0, 0.05) is 5.02 Å². The molecule has 0 unspecified atom stereocenters. The number of nitrogens with one attached hydrogen (secondary N) is 1. The van der Waals surface area contributed by atoms with E-state index in [9.17, 15) is 20.1 Å². The van der Waals surface area contributed by atoms with Crippen molar-refractivity contribution in [3.8, 4) is 0 Å². The number of hydrogen-bond donors (Lipinski definition) is 5. The van der Waals surface area contributed by atoms with Crippen LogP contribution in [0.25, 0.3) is 0 Å². The molecule has 100 valence electrons. The molecule has 0 aliphatic carbocycles. The maximum atomic E-state index is 11.0. The summed E-state index contributed by atoms with van der Waals surface area (Å²) < 4.78 is 0. The lowest BCUT2D eigenvalue weighted by Gasteiger charge is -2.30. The van der Waals surface area contributed by atoms with Crippen LogP contribution in [0.3, 0.4) is 0 Å². The van der Waals surface area contributed by atoms with Gasteiger partial charge in [-0.3, -0.25) is 0 Å². The molecule has 0 fully saturated rings. The van der Waals surface area contributed by atoms with Crippen molar-refractivity contribution in [3.63, 3.8) is 0 Å². The Morgan fingerprint density at radius 1 is 1.22 bits per heavy atom. The molecule has 18 heavy (non-hydrogen) atoms. The molecule has 5 N–H and O–H groups in total. The number of carbonyl (C=O) groups is 1. The summed E-state index contributed by atoms with van der Waals surface area (Å²) in [6.07, 6.45) is 0. The van der Waals surface area contributed by atoms with Gasteiger partial charge >= 0.3 is 5.97 Å². The Bertz CT molecular complexity index is 425. The third-order valence-electron chi connectivity index (χ3n) is 2.52. The van der Waals surface area contributed by atoms with Crippen molar-refractivity contribution in [1.82, 2.24) is 0 Å². The van der Waals surface area contributed by atoms with E-state index < -0.39 is 31.3 Å². The number of anilines is 1. The third kappa shape index (κ3) is 3.11. The molecular formula is C11H14ClNO5. The van der Waals surface area contributed by atoms with E-state index in [1.54, 1.807) is 0 Å². The molecule has 0 aliphatic heterocycles. The standard InChI is InChI=1S/C11H14ClNO5/c12-7-1-2-8(10(17)18)9(3-7)13-11(4-14,5-15)6-16/h1-3,13-16H,4-6H2,(H,17,18). The zero-order valence-electron chi connectivity index (χ0n) is 9.43. The van der Waals surface area contributed by atoms with Crippen molar-refractivity contribution in [1.29, 1.82) is 0 Å². The van der Waals surface area contributed by atoms with Crippen LogP contribution >= 0.6 is 11.6 Å². The molecule has 0 radical (unpaired) electrons. The fourth-order valence-electron chi connectivity index (χ4n) is 1.36. The molecule has 0 amide bonds. The quantitative estimate of drug-likeness (QED) is 0.506. The van der Waals surface area contributed by atoms with Gasteiger partial charge in [-0.05, 0) is 18.2 Å². The summed E-state index contributed by atoms with van der Waals surface area (Å²) in [7, 11) is 0. The predicted molar refractivity (Wildman–Crippen MR) is 66.0 cm³/mol. The zero-order valence-corrected chi connectivity index (χ0v) is 10.2. The van der Waals surface area contributed by atoms with Crippen LogP contribution in [0.15, 0.2) is 18.2 Å². The number of carboxylic acids is 1. The molecule has 0 saturated heterocycles. The van der Waals surface area contributed by atoms with Crippen LogP contribution in [0.4, 0.5) is 5.69 Å². The summed E-state index contributed by atoms with van der Waals surface area (Å²) in [4.78, 5) is 11.0. The van der Waals surface area contributed by atoms with E-state index in [0.29, 0.717) is 5.02 Å². The monoisotopic (exact) mass is 275 g/mol. The molecule has 1 aromatic rings. The maximum absolute atomic E-state index is 11.0. The first-order valence-electron chi connectivity index (χ1n) is 5.11. The van der Waals surface area contributed by atoms with Crippen molar-refractivity contribution in [2.45, 2.75) is 5.54 Å². The topological polar surface area (TPSA) is 110 Å². The summed E-state index contributed by atoms with van der Waals surface area (Å²) in [5, 5.41) is 39.4. The van der Waals surface area contributed by atoms with Crippen LogP contribution in [0.1, 0.15) is 10.4 Å². The van der Waals surface area contributed by atoms with Gasteiger partial charge < -0.3 is 25.7 Å². The molecule has 6 nitrogen and oxygen atoms in total. The fraction of sp³-hybridized carbons (Fsp3) is 0.364. The highest BCUT2D eigenvalue weighted by atomic mass is 35.5. The number of benzene rings is 1. The lowest BCUT2D eigenvalue weighted by molar-refractivity contribution is 0.0692. The molecule has 0 spiro atoms. The predicted octanol–water partition coefficient (Wildman–Crippen LogP) is 0.166. The van der Waals surface area contributed by atoms with E-state index >= 15 is 0 Å². The van der Waals surface area contributed by atoms with E-state index in [4.69, 9.17) is 16.7 Å². The number of aliphatic hydroxyl groups excluding tert-OH is 3. The van der Waals surface area contributed by atoms with Gasteiger partial charge in [0.15, 0.2) is 0 Å². The van der Waals surface area contributed by atoms with E-state index in [0.717, 1.165) is 0 Å². The van der Waals surface area contributed by atoms with Crippen molar-refractivity contribution in [2.75, 3.05) is 25.1 Å². The largest absolute Gasteiger partial charge is 0.478 e. The Kier molecular flexibility index (Phi) is 4.92. The van der Waals surface area contributed by atoms with E-state index in [-0.39, 0.29) is 11.3 Å². The first-order chi connectivity index (χ1) is 8.48. The highest BCUT2D eigenvalue weighted by molar-refractivity contribution is 6.31. The number of hydrogen-bond acceptors (Lipinski definition) is 5. The first kappa shape index (κ1) is 14.7. The van der Waals surface area contributed by atoms with Crippen molar-refractivity contribution in [2.24, 2.45) is 0 Å². The zero-order chi connectivity index (χ0) is 13.8. The van der Waals surface area contributed by atoms with Crippen molar-refractivity contribution < 1.29 is 25.2 Å². The average Bonchev–Trinajstić information content (AvgIpc) is 2.36. The highest BCUT2D eigenvalue weighted by Gasteiger charge is 2.29. The Balaban J connectivity index is 3.16. The number of carboxylic acid groups (broad SMARTS) is 1. The Morgan fingerprint density at radius 3 is 2.22 bits per heavy atom. The van der Waals surface area contributed by atoms with Crippen molar-refractivity contribution in [3.05, 3.63) is 28.8 Å². The lowest BCUT2D eigenvalue weighted by atomic mass is 10.0. The maximum Gasteiger partial charge on any atom is 0.337 e. The third-order valence-corrected chi connectivity index (χ3v) is 2.75. The second kappa shape index (κ2) is 6.01. The van der Waals surface area contributed by atoms with E-state index in [1.807, 2.05) is 0 Å². The van der Waals surface area contributed by atoms with Gasteiger partial charge in [0.25, 0.3) is 0 Å². The highest BCUT2D eigenvalue weighted by Crippen LogP contribution is 2.24. The van der Waals surface area contributed by atoms with Gasteiger partial charge in [-0.15, -0.1) is 0 Å².